The Bertz CT molecular complexity index is 1720. The number of hydrogen-bond acceptors (Lipinski definition) is 5. The van der Waals surface area contributed by atoms with Gasteiger partial charge < -0.3 is 14.2 Å². The van der Waals surface area contributed by atoms with Crippen LogP contribution in [0.15, 0.2) is 58.6 Å². The minimum Gasteiger partial charge on any atom is -0.487 e. The van der Waals surface area contributed by atoms with Crippen LogP contribution in [0.25, 0.3) is 28.2 Å². The number of alkyl halides is 5. The summed E-state index contributed by atoms with van der Waals surface area (Å²) in [6.45, 7) is 2.83. The number of benzene rings is 2. The molecule has 0 amide bonds. The van der Waals surface area contributed by atoms with Crippen LogP contribution in [0.5, 0.6) is 5.75 Å². The van der Waals surface area contributed by atoms with Crippen molar-refractivity contribution in [2.24, 2.45) is 5.41 Å². The smallest absolute Gasteiger partial charge is 0.417 e. The molecule has 0 N–H and O–H groups in total. The largest absolute Gasteiger partial charge is 0.487 e. The van der Waals surface area contributed by atoms with Crippen molar-refractivity contribution >= 4 is 22.7 Å². The van der Waals surface area contributed by atoms with Crippen molar-refractivity contribution in [1.29, 1.82) is 0 Å². The summed E-state index contributed by atoms with van der Waals surface area (Å²) in [5, 5.41) is 4.87. The molecule has 0 bridgehead atoms. The number of fused-ring (bicyclic) bond motifs is 1. The maximum atomic E-state index is 13.8. The zero-order valence-corrected chi connectivity index (χ0v) is 24.3. The molecule has 3 fully saturated rings. The average molecular weight is 610 g/mol. The van der Waals surface area contributed by atoms with Gasteiger partial charge in [-0.3, -0.25) is 4.98 Å². The van der Waals surface area contributed by atoms with E-state index in [1.54, 1.807) is 12.1 Å². The van der Waals surface area contributed by atoms with Crippen molar-refractivity contribution in [3.8, 4) is 17.0 Å². The molecule has 2 saturated carbocycles. The fourth-order valence-electron chi connectivity index (χ4n) is 6.81. The summed E-state index contributed by atoms with van der Waals surface area (Å²) in [6.07, 6.45) is 0.628. The predicted octanol–water partition coefficient (Wildman–Crippen LogP) is 9.20. The maximum Gasteiger partial charge on any atom is 0.417 e. The first-order valence-electron chi connectivity index (χ1n) is 15.0. The van der Waals surface area contributed by atoms with Gasteiger partial charge in [-0.1, -0.05) is 28.9 Å². The van der Waals surface area contributed by atoms with E-state index in [1.807, 2.05) is 31.2 Å². The first-order valence-corrected chi connectivity index (χ1v) is 15.0. The lowest BCUT2D eigenvalue weighted by Crippen LogP contribution is -2.44. The molecule has 1 aliphatic heterocycles. The number of ether oxygens (including phenoxy) is 1. The number of piperidine rings is 1. The Morgan fingerprint density at radius 3 is 2.52 bits per heavy atom. The van der Waals surface area contributed by atoms with Gasteiger partial charge >= 0.3 is 6.18 Å². The third kappa shape index (κ3) is 5.55. The first-order chi connectivity index (χ1) is 21.1. The molecule has 5 nitrogen and oxygen atoms in total. The van der Waals surface area contributed by atoms with E-state index < -0.39 is 24.8 Å². The number of allylic oxidation sites excluding steroid dienone is 1. The Kier molecular flexibility index (Phi) is 7.13. The van der Waals surface area contributed by atoms with E-state index in [0.29, 0.717) is 33.7 Å². The fourth-order valence-corrected chi connectivity index (χ4v) is 6.81. The van der Waals surface area contributed by atoms with Gasteiger partial charge in [0.15, 0.2) is 0 Å². The molecule has 2 aromatic carbocycles. The van der Waals surface area contributed by atoms with E-state index in [0.717, 1.165) is 63.4 Å². The van der Waals surface area contributed by atoms with Crippen molar-refractivity contribution in [2.75, 3.05) is 24.6 Å². The highest BCUT2D eigenvalue weighted by Gasteiger charge is 2.44. The SMILES string of the molecule is Cc1cc(OCC(F)F)c2cc(N3CCC4(CC3)CC(=Cc3c(-c5ccccc5C(F)(F)F)noc3C3CC3)C4)ccc2n1. The second kappa shape index (κ2) is 10.9. The van der Waals surface area contributed by atoms with Gasteiger partial charge in [-0.15, -0.1) is 0 Å². The molecular weight excluding hydrogens is 577 g/mol. The van der Waals surface area contributed by atoms with Crippen LogP contribution in [0.4, 0.5) is 27.6 Å². The zero-order chi connectivity index (χ0) is 30.6. The van der Waals surface area contributed by atoms with E-state index in [9.17, 15) is 22.0 Å². The van der Waals surface area contributed by atoms with E-state index in [4.69, 9.17) is 9.26 Å². The Hall–Kier alpha value is -3.95. The highest BCUT2D eigenvalue weighted by Crippen LogP contribution is 2.54. The second-order valence-corrected chi connectivity index (χ2v) is 12.4. The third-order valence-corrected chi connectivity index (χ3v) is 9.18. The van der Waals surface area contributed by atoms with E-state index >= 15 is 0 Å². The predicted molar refractivity (Wildman–Crippen MR) is 158 cm³/mol. The lowest BCUT2D eigenvalue weighted by atomic mass is 9.60. The van der Waals surface area contributed by atoms with Gasteiger partial charge in [0.1, 0.15) is 23.8 Å². The molecule has 44 heavy (non-hydrogen) atoms. The number of rotatable bonds is 7. The van der Waals surface area contributed by atoms with Crippen LogP contribution >= 0.6 is 0 Å². The summed E-state index contributed by atoms with van der Waals surface area (Å²) in [6, 6.07) is 13.1. The van der Waals surface area contributed by atoms with Gasteiger partial charge in [0, 0.05) is 53.0 Å². The van der Waals surface area contributed by atoms with Crippen LogP contribution < -0.4 is 9.64 Å². The summed E-state index contributed by atoms with van der Waals surface area (Å²) in [4.78, 5) is 6.84. The molecule has 7 rings (SSSR count). The Morgan fingerprint density at radius 1 is 1.07 bits per heavy atom. The maximum absolute atomic E-state index is 13.8. The molecule has 1 saturated heterocycles. The standard InChI is InChI=1S/C34H32F5N3O2/c1-20-14-29(43-19-30(35)36)25-16-23(8-9-28(25)40-20)42-12-10-33(11-13-42)17-21(18-33)15-26-31(41-44-32(26)22-6-7-22)24-4-2-3-5-27(24)34(37,38)39/h2-5,8-9,14-16,22,30H,6-7,10-13,17-19H2,1H3. The number of pyridine rings is 1. The van der Waals surface area contributed by atoms with Crippen LogP contribution in [0, 0.1) is 12.3 Å². The van der Waals surface area contributed by atoms with Gasteiger partial charge in [-0.25, -0.2) is 8.78 Å². The molecule has 1 spiro atoms. The van der Waals surface area contributed by atoms with Crippen LogP contribution in [0.3, 0.4) is 0 Å². The molecule has 0 radical (unpaired) electrons. The van der Waals surface area contributed by atoms with Crippen molar-refractivity contribution in [3.05, 3.63) is 76.7 Å². The minimum atomic E-state index is -4.49. The van der Waals surface area contributed by atoms with E-state index in [1.165, 1.54) is 17.7 Å². The molecule has 2 aliphatic carbocycles. The topological polar surface area (TPSA) is 51.4 Å². The fraction of sp³-hybridized carbons (Fsp3) is 0.412. The van der Waals surface area contributed by atoms with E-state index in [2.05, 4.69) is 15.0 Å². The molecule has 0 atom stereocenters. The van der Waals surface area contributed by atoms with Crippen molar-refractivity contribution in [3.63, 3.8) is 0 Å². The van der Waals surface area contributed by atoms with Crippen molar-refractivity contribution in [2.45, 2.75) is 64.0 Å². The number of halogens is 5. The summed E-state index contributed by atoms with van der Waals surface area (Å²) >= 11 is 0. The highest BCUT2D eigenvalue weighted by atomic mass is 19.4. The molecular formula is C34H32F5N3O2. The molecule has 10 heteroatoms. The summed E-state index contributed by atoms with van der Waals surface area (Å²) in [5.41, 5.74) is 4.08. The van der Waals surface area contributed by atoms with Crippen LogP contribution in [0.1, 0.15) is 67.0 Å². The van der Waals surface area contributed by atoms with Crippen LogP contribution in [0.2, 0.25) is 0 Å². The Balaban J connectivity index is 1.08. The molecule has 3 aliphatic rings. The van der Waals surface area contributed by atoms with Gasteiger partial charge in [0.25, 0.3) is 6.43 Å². The van der Waals surface area contributed by atoms with Gasteiger partial charge in [-0.2, -0.15) is 13.2 Å². The first kappa shape index (κ1) is 28.8. The third-order valence-electron chi connectivity index (χ3n) is 9.18. The summed E-state index contributed by atoms with van der Waals surface area (Å²) in [5.74, 6) is 1.31. The molecule has 2 aromatic heterocycles. The average Bonchev–Trinajstić information content (AvgIpc) is 3.74. The molecule has 4 aromatic rings. The number of anilines is 1. The quantitative estimate of drug-likeness (QED) is 0.196. The second-order valence-electron chi connectivity index (χ2n) is 12.4. The highest BCUT2D eigenvalue weighted by molar-refractivity contribution is 5.88. The number of aromatic nitrogens is 2. The minimum absolute atomic E-state index is 0.0494. The van der Waals surface area contributed by atoms with Gasteiger partial charge in [0.05, 0.1) is 11.1 Å². The summed E-state index contributed by atoms with van der Waals surface area (Å²) < 4.78 is 78.3. The van der Waals surface area contributed by atoms with E-state index in [-0.39, 0.29) is 22.6 Å². The molecule has 0 unspecified atom stereocenters. The monoisotopic (exact) mass is 609 g/mol. The van der Waals surface area contributed by atoms with Crippen LogP contribution in [-0.4, -0.2) is 36.3 Å². The van der Waals surface area contributed by atoms with Crippen molar-refractivity contribution < 1.29 is 31.2 Å². The summed E-state index contributed by atoms with van der Waals surface area (Å²) in [7, 11) is 0. The van der Waals surface area contributed by atoms with Gasteiger partial charge in [-0.05, 0) is 81.2 Å². The lowest BCUT2D eigenvalue weighted by molar-refractivity contribution is -0.137. The number of nitrogens with zero attached hydrogens (tertiary/aromatic N) is 3. The van der Waals surface area contributed by atoms with Crippen molar-refractivity contribution in [1.82, 2.24) is 10.1 Å². The Morgan fingerprint density at radius 2 is 1.82 bits per heavy atom. The Labute approximate surface area is 251 Å². The normalized spacial score (nSPS) is 18.2. The lowest BCUT2D eigenvalue weighted by Gasteiger charge is -2.50. The number of aryl methyl sites for hydroxylation is 1. The van der Waals surface area contributed by atoms with Gasteiger partial charge in [0.2, 0.25) is 0 Å². The molecule has 3 heterocycles. The molecule has 230 valence electrons. The zero-order valence-electron chi connectivity index (χ0n) is 24.3. The number of hydrogen-bond donors (Lipinski definition) is 0. The van der Waals surface area contributed by atoms with Crippen LogP contribution in [-0.2, 0) is 6.18 Å².